The summed E-state index contributed by atoms with van der Waals surface area (Å²) in [6.45, 7) is 4.06. The summed E-state index contributed by atoms with van der Waals surface area (Å²) >= 11 is 7.50. The molecule has 3 nitrogen and oxygen atoms in total. The van der Waals surface area contributed by atoms with Crippen LogP contribution < -0.4 is 5.43 Å². The van der Waals surface area contributed by atoms with E-state index in [2.05, 4.69) is 22.4 Å². The molecule has 0 unspecified atom stereocenters. The molecule has 94 valence electrons. The van der Waals surface area contributed by atoms with Crippen molar-refractivity contribution in [3.8, 4) is 0 Å². The predicted octanol–water partition coefficient (Wildman–Crippen LogP) is 4.11. The van der Waals surface area contributed by atoms with Gasteiger partial charge >= 0.3 is 0 Å². The Balaban J connectivity index is 2.09. The first-order valence-electron chi connectivity index (χ1n) is 5.68. The number of nitrogens with one attached hydrogen (secondary N) is 1. The highest BCUT2D eigenvalue weighted by atomic mass is 35.5. The summed E-state index contributed by atoms with van der Waals surface area (Å²) in [4.78, 5) is 4.27. The highest BCUT2D eigenvalue weighted by molar-refractivity contribution is 7.13. The molecular weight excluding hydrogens is 266 g/mol. The molecule has 1 aromatic carbocycles. The fourth-order valence-corrected chi connectivity index (χ4v) is 2.40. The Morgan fingerprint density at radius 1 is 1.50 bits per heavy atom. The Kier molecular flexibility index (Phi) is 4.33. The van der Waals surface area contributed by atoms with Crippen LogP contribution in [0.3, 0.4) is 0 Å². The van der Waals surface area contributed by atoms with Crippen molar-refractivity contribution >= 4 is 34.3 Å². The van der Waals surface area contributed by atoms with E-state index in [4.69, 9.17) is 11.6 Å². The van der Waals surface area contributed by atoms with Gasteiger partial charge in [-0.05, 0) is 36.6 Å². The van der Waals surface area contributed by atoms with Crippen molar-refractivity contribution in [2.24, 2.45) is 5.10 Å². The van der Waals surface area contributed by atoms with E-state index in [1.54, 1.807) is 6.21 Å². The van der Waals surface area contributed by atoms with Crippen molar-refractivity contribution in [3.05, 3.63) is 45.4 Å². The van der Waals surface area contributed by atoms with Crippen LogP contribution in [-0.2, 0) is 6.42 Å². The van der Waals surface area contributed by atoms with Crippen LogP contribution in [0.15, 0.2) is 28.7 Å². The van der Waals surface area contributed by atoms with Crippen LogP contribution >= 0.6 is 22.9 Å². The lowest BCUT2D eigenvalue weighted by Gasteiger charge is -2.03. The molecule has 18 heavy (non-hydrogen) atoms. The van der Waals surface area contributed by atoms with Crippen LogP contribution in [0, 0.1) is 6.92 Å². The summed E-state index contributed by atoms with van der Waals surface area (Å²) in [7, 11) is 0. The van der Waals surface area contributed by atoms with Gasteiger partial charge < -0.3 is 0 Å². The lowest BCUT2D eigenvalue weighted by Crippen LogP contribution is -1.94. The third kappa shape index (κ3) is 3.31. The van der Waals surface area contributed by atoms with E-state index in [1.165, 1.54) is 16.9 Å². The molecular formula is C13H14ClN3S. The molecule has 1 N–H and O–H groups in total. The number of anilines is 1. The lowest BCUT2D eigenvalue weighted by molar-refractivity contribution is 1.13. The van der Waals surface area contributed by atoms with E-state index < -0.39 is 0 Å². The number of hydrogen-bond acceptors (Lipinski definition) is 4. The van der Waals surface area contributed by atoms with Gasteiger partial charge in [0.05, 0.1) is 11.9 Å². The van der Waals surface area contributed by atoms with Gasteiger partial charge in [-0.2, -0.15) is 5.10 Å². The van der Waals surface area contributed by atoms with Crippen molar-refractivity contribution < 1.29 is 0 Å². The standard InChI is InChI=1S/C13H14ClN3S/c1-3-10-6-12(14)5-4-11(10)7-15-17-13-16-9(2)8-18-13/h4-8H,3H2,1-2H3,(H,16,17). The maximum atomic E-state index is 5.96. The zero-order valence-corrected chi connectivity index (χ0v) is 11.8. The first-order valence-corrected chi connectivity index (χ1v) is 6.94. The number of rotatable bonds is 4. The second-order valence-electron chi connectivity index (χ2n) is 3.86. The smallest absolute Gasteiger partial charge is 0.203 e. The first-order chi connectivity index (χ1) is 8.69. The molecule has 2 aromatic rings. The zero-order chi connectivity index (χ0) is 13.0. The normalized spacial score (nSPS) is 11.1. The first kappa shape index (κ1) is 13.1. The van der Waals surface area contributed by atoms with E-state index in [0.29, 0.717) is 0 Å². The molecule has 0 saturated carbocycles. The highest BCUT2D eigenvalue weighted by Crippen LogP contribution is 2.16. The number of nitrogens with zero attached hydrogens (tertiary/aromatic N) is 2. The molecule has 0 aliphatic carbocycles. The summed E-state index contributed by atoms with van der Waals surface area (Å²) < 4.78 is 0. The quantitative estimate of drug-likeness (QED) is 0.675. The van der Waals surface area contributed by atoms with E-state index in [0.717, 1.165) is 27.8 Å². The maximum absolute atomic E-state index is 5.96. The minimum absolute atomic E-state index is 0.757. The van der Waals surface area contributed by atoms with Gasteiger partial charge in [0.25, 0.3) is 0 Å². The molecule has 0 aliphatic heterocycles. The summed E-state index contributed by atoms with van der Waals surface area (Å²) in [5.74, 6) is 0. The number of hydrazone groups is 1. The Bertz CT molecular complexity index is 563. The van der Waals surface area contributed by atoms with Gasteiger partial charge in [-0.3, -0.25) is 5.43 Å². The molecule has 0 amide bonds. The van der Waals surface area contributed by atoms with Crippen LogP contribution in [0.4, 0.5) is 5.13 Å². The van der Waals surface area contributed by atoms with Crippen LogP contribution in [0.25, 0.3) is 0 Å². The van der Waals surface area contributed by atoms with Crippen LogP contribution in [0.2, 0.25) is 5.02 Å². The average Bonchev–Trinajstić information content (AvgIpc) is 2.77. The summed E-state index contributed by atoms with van der Waals surface area (Å²) in [5, 5.41) is 7.74. The fraction of sp³-hybridized carbons (Fsp3) is 0.231. The van der Waals surface area contributed by atoms with Crippen molar-refractivity contribution in [3.63, 3.8) is 0 Å². The predicted molar refractivity (Wildman–Crippen MR) is 78.9 cm³/mol. The lowest BCUT2D eigenvalue weighted by atomic mass is 10.1. The van der Waals surface area contributed by atoms with Gasteiger partial charge in [0.2, 0.25) is 5.13 Å². The van der Waals surface area contributed by atoms with Gasteiger partial charge in [0.15, 0.2) is 0 Å². The maximum Gasteiger partial charge on any atom is 0.203 e. The van der Waals surface area contributed by atoms with Gasteiger partial charge in [-0.15, -0.1) is 11.3 Å². The van der Waals surface area contributed by atoms with Crippen LogP contribution in [0.1, 0.15) is 23.7 Å². The monoisotopic (exact) mass is 279 g/mol. The Morgan fingerprint density at radius 2 is 2.33 bits per heavy atom. The summed E-state index contributed by atoms with van der Waals surface area (Å²) in [6, 6.07) is 5.81. The molecule has 1 heterocycles. The van der Waals surface area contributed by atoms with E-state index in [1.807, 2.05) is 30.5 Å². The molecule has 0 aliphatic rings. The van der Waals surface area contributed by atoms with Crippen molar-refractivity contribution in [1.29, 1.82) is 0 Å². The van der Waals surface area contributed by atoms with Crippen molar-refractivity contribution in [2.75, 3.05) is 5.43 Å². The molecule has 0 spiro atoms. The third-order valence-corrected chi connectivity index (χ3v) is 3.57. The molecule has 1 aromatic heterocycles. The summed E-state index contributed by atoms with van der Waals surface area (Å²) in [5.41, 5.74) is 6.18. The molecule has 5 heteroatoms. The van der Waals surface area contributed by atoms with Gasteiger partial charge in [-0.1, -0.05) is 24.6 Å². The molecule has 0 bridgehead atoms. The molecule has 0 fully saturated rings. The van der Waals surface area contributed by atoms with Gasteiger partial charge in [-0.25, -0.2) is 4.98 Å². The molecule has 0 saturated heterocycles. The second-order valence-corrected chi connectivity index (χ2v) is 5.16. The largest absolute Gasteiger partial charge is 0.253 e. The minimum atomic E-state index is 0.757. The number of aromatic nitrogens is 1. The van der Waals surface area contributed by atoms with Crippen LogP contribution in [-0.4, -0.2) is 11.2 Å². The number of hydrogen-bond donors (Lipinski definition) is 1. The highest BCUT2D eigenvalue weighted by Gasteiger charge is 1.99. The Labute approximate surface area is 116 Å². The summed E-state index contributed by atoms with van der Waals surface area (Å²) in [6.07, 6.45) is 2.73. The molecule has 0 atom stereocenters. The van der Waals surface area contributed by atoms with Gasteiger partial charge in [0, 0.05) is 10.4 Å². The minimum Gasteiger partial charge on any atom is -0.253 e. The van der Waals surface area contributed by atoms with Crippen LogP contribution in [0.5, 0.6) is 0 Å². The topological polar surface area (TPSA) is 37.3 Å². The van der Waals surface area contributed by atoms with E-state index >= 15 is 0 Å². The fourth-order valence-electron chi connectivity index (χ4n) is 1.57. The third-order valence-electron chi connectivity index (χ3n) is 2.47. The van der Waals surface area contributed by atoms with E-state index in [-0.39, 0.29) is 0 Å². The second kappa shape index (κ2) is 5.98. The average molecular weight is 280 g/mol. The van der Waals surface area contributed by atoms with Crippen molar-refractivity contribution in [2.45, 2.75) is 20.3 Å². The Hall–Kier alpha value is -1.39. The Morgan fingerprint density at radius 3 is 3.00 bits per heavy atom. The zero-order valence-electron chi connectivity index (χ0n) is 10.3. The molecule has 2 rings (SSSR count). The number of aryl methyl sites for hydroxylation is 2. The SMILES string of the molecule is CCc1cc(Cl)ccc1C=NNc1nc(C)cs1. The number of halogens is 1. The van der Waals surface area contributed by atoms with Crippen molar-refractivity contribution in [1.82, 2.24) is 4.98 Å². The molecule has 0 radical (unpaired) electrons. The number of benzene rings is 1. The van der Waals surface area contributed by atoms with E-state index in [9.17, 15) is 0 Å². The van der Waals surface area contributed by atoms with Gasteiger partial charge in [0.1, 0.15) is 0 Å². The number of thiazole rings is 1.